The third-order valence-electron chi connectivity index (χ3n) is 5.82. The van der Waals surface area contributed by atoms with E-state index in [-0.39, 0.29) is 5.91 Å². The van der Waals surface area contributed by atoms with Crippen molar-refractivity contribution in [3.05, 3.63) is 42.9 Å². The molecule has 1 N–H and O–H groups in total. The second kappa shape index (κ2) is 8.04. The summed E-state index contributed by atoms with van der Waals surface area (Å²) in [5.74, 6) is 0.686. The highest BCUT2D eigenvalue weighted by molar-refractivity contribution is 5.75. The van der Waals surface area contributed by atoms with E-state index < -0.39 is 0 Å². The lowest BCUT2D eigenvalue weighted by Gasteiger charge is -2.44. The molecule has 0 unspecified atom stereocenters. The summed E-state index contributed by atoms with van der Waals surface area (Å²) in [5, 5.41) is 3.17. The van der Waals surface area contributed by atoms with Gasteiger partial charge in [0.25, 0.3) is 0 Å². The van der Waals surface area contributed by atoms with Gasteiger partial charge in [-0.2, -0.15) is 0 Å². The summed E-state index contributed by atoms with van der Waals surface area (Å²) in [6.07, 6.45) is 10.2. The molecule has 1 aromatic carbocycles. The minimum Gasteiger partial charge on any atom is -0.354 e. The van der Waals surface area contributed by atoms with E-state index in [9.17, 15) is 4.79 Å². The molecule has 1 aromatic heterocycles. The number of aromatic nitrogens is 2. The molecule has 4 rings (SSSR count). The Morgan fingerprint density at radius 2 is 1.96 bits per heavy atom. The Labute approximate surface area is 155 Å². The monoisotopic (exact) mass is 352 g/mol. The Hall–Kier alpha value is -2.14. The SMILES string of the molecule is O=C(Cn1cnc(-c2ccccc2)c1)NC[C@@H]1CCCN2CCCC[C@H]12. The maximum Gasteiger partial charge on any atom is 0.239 e. The minimum absolute atomic E-state index is 0.0787. The summed E-state index contributed by atoms with van der Waals surface area (Å²) < 4.78 is 1.87. The third kappa shape index (κ3) is 3.98. The van der Waals surface area contributed by atoms with E-state index in [4.69, 9.17) is 0 Å². The Bertz CT molecular complexity index is 725. The number of piperidine rings is 2. The van der Waals surface area contributed by atoms with Gasteiger partial charge in [0.15, 0.2) is 0 Å². The van der Waals surface area contributed by atoms with Crippen LogP contribution in [0.2, 0.25) is 0 Å². The molecular formula is C21H28N4O. The molecule has 2 fully saturated rings. The van der Waals surface area contributed by atoms with Gasteiger partial charge in [0.1, 0.15) is 6.54 Å². The number of benzene rings is 1. The molecule has 3 heterocycles. The molecule has 0 spiro atoms. The molecule has 0 aliphatic carbocycles. The fourth-order valence-electron chi connectivity index (χ4n) is 4.49. The van der Waals surface area contributed by atoms with Gasteiger partial charge >= 0.3 is 0 Å². The summed E-state index contributed by atoms with van der Waals surface area (Å²) in [4.78, 5) is 19.5. The van der Waals surface area contributed by atoms with E-state index >= 15 is 0 Å². The molecule has 138 valence electrons. The second-order valence-electron chi connectivity index (χ2n) is 7.60. The summed E-state index contributed by atoms with van der Waals surface area (Å²) in [7, 11) is 0. The first-order chi connectivity index (χ1) is 12.8. The van der Waals surface area contributed by atoms with Crippen molar-refractivity contribution in [1.29, 1.82) is 0 Å². The number of carbonyl (C=O) groups excluding carboxylic acids is 1. The summed E-state index contributed by atoms with van der Waals surface area (Å²) in [5.41, 5.74) is 1.98. The lowest BCUT2D eigenvalue weighted by molar-refractivity contribution is -0.122. The average molecular weight is 352 g/mol. The number of amides is 1. The zero-order valence-electron chi connectivity index (χ0n) is 15.3. The number of nitrogens with one attached hydrogen (secondary N) is 1. The van der Waals surface area contributed by atoms with E-state index in [1.165, 1.54) is 45.2 Å². The number of hydrogen-bond donors (Lipinski definition) is 1. The van der Waals surface area contributed by atoms with Crippen LogP contribution in [0, 0.1) is 5.92 Å². The van der Waals surface area contributed by atoms with Gasteiger partial charge in [0.05, 0.1) is 12.0 Å². The predicted octanol–water partition coefficient (Wildman–Crippen LogP) is 2.93. The molecule has 0 bridgehead atoms. The standard InChI is InChI=1S/C21H28N4O/c26-21(15-24-14-19(23-16-24)17-7-2-1-3-8-17)22-13-18-9-6-12-25-11-5-4-10-20(18)25/h1-3,7-8,14,16,18,20H,4-6,9-13,15H2,(H,22,26)/t18-,20+/m0/s1. The Morgan fingerprint density at radius 3 is 2.85 bits per heavy atom. The van der Waals surface area contributed by atoms with Crippen LogP contribution in [-0.2, 0) is 11.3 Å². The summed E-state index contributed by atoms with van der Waals surface area (Å²) >= 11 is 0. The predicted molar refractivity (Wildman–Crippen MR) is 103 cm³/mol. The van der Waals surface area contributed by atoms with Crippen molar-refractivity contribution in [2.45, 2.75) is 44.7 Å². The van der Waals surface area contributed by atoms with E-state index in [2.05, 4.69) is 15.2 Å². The lowest BCUT2D eigenvalue weighted by atomic mass is 9.83. The van der Waals surface area contributed by atoms with Gasteiger partial charge < -0.3 is 14.8 Å². The first kappa shape index (κ1) is 17.3. The minimum atomic E-state index is 0.0787. The van der Waals surface area contributed by atoms with Crippen molar-refractivity contribution in [3.63, 3.8) is 0 Å². The van der Waals surface area contributed by atoms with E-state index in [0.717, 1.165) is 17.8 Å². The highest BCUT2D eigenvalue weighted by Crippen LogP contribution is 2.30. The number of fused-ring (bicyclic) bond motifs is 1. The zero-order chi connectivity index (χ0) is 17.8. The summed E-state index contributed by atoms with van der Waals surface area (Å²) in [6, 6.07) is 10.7. The Balaban J connectivity index is 1.30. The van der Waals surface area contributed by atoms with Crippen LogP contribution in [0.1, 0.15) is 32.1 Å². The van der Waals surface area contributed by atoms with E-state index in [1.807, 2.05) is 41.1 Å². The number of rotatable bonds is 5. The van der Waals surface area contributed by atoms with Gasteiger partial charge in [-0.05, 0) is 44.7 Å². The molecule has 5 heteroatoms. The van der Waals surface area contributed by atoms with Crippen molar-refractivity contribution in [2.24, 2.45) is 5.92 Å². The van der Waals surface area contributed by atoms with Crippen LogP contribution < -0.4 is 5.32 Å². The van der Waals surface area contributed by atoms with Crippen LogP contribution in [0.5, 0.6) is 0 Å². The highest BCUT2D eigenvalue weighted by Gasteiger charge is 2.32. The molecule has 0 saturated carbocycles. The molecule has 2 aliphatic rings. The zero-order valence-corrected chi connectivity index (χ0v) is 15.3. The fraction of sp³-hybridized carbons (Fsp3) is 0.524. The van der Waals surface area contributed by atoms with Crippen LogP contribution in [-0.4, -0.2) is 46.0 Å². The molecule has 26 heavy (non-hydrogen) atoms. The Kier molecular flexibility index (Phi) is 5.34. The van der Waals surface area contributed by atoms with Gasteiger partial charge in [0, 0.05) is 24.3 Å². The van der Waals surface area contributed by atoms with Gasteiger partial charge in [0.2, 0.25) is 5.91 Å². The van der Waals surface area contributed by atoms with Crippen molar-refractivity contribution in [2.75, 3.05) is 19.6 Å². The molecule has 2 aromatic rings. The number of hydrogen-bond acceptors (Lipinski definition) is 3. The second-order valence-corrected chi connectivity index (χ2v) is 7.60. The Morgan fingerprint density at radius 1 is 1.12 bits per heavy atom. The first-order valence-corrected chi connectivity index (χ1v) is 9.87. The number of nitrogens with zero attached hydrogens (tertiary/aromatic N) is 3. The van der Waals surface area contributed by atoms with Crippen LogP contribution >= 0.6 is 0 Å². The fourth-order valence-corrected chi connectivity index (χ4v) is 4.49. The van der Waals surface area contributed by atoms with Gasteiger partial charge in [-0.25, -0.2) is 4.98 Å². The quantitative estimate of drug-likeness (QED) is 0.900. The third-order valence-corrected chi connectivity index (χ3v) is 5.82. The largest absolute Gasteiger partial charge is 0.354 e. The molecular weight excluding hydrogens is 324 g/mol. The van der Waals surface area contributed by atoms with E-state index in [1.54, 1.807) is 6.33 Å². The molecule has 5 nitrogen and oxygen atoms in total. The van der Waals surface area contributed by atoms with Gasteiger partial charge in [-0.3, -0.25) is 4.79 Å². The van der Waals surface area contributed by atoms with Crippen molar-refractivity contribution in [1.82, 2.24) is 19.8 Å². The highest BCUT2D eigenvalue weighted by atomic mass is 16.1. The molecule has 2 aliphatic heterocycles. The smallest absolute Gasteiger partial charge is 0.239 e. The van der Waals surface area contributed by atoms with Crippen LogP contribution in [0.3, 0.4) is 0 Å². The van der Waals surface area contributed by atoms with Crippen molar-refractivity contribution in [3.8, 4) is 11.3 Å². The lowest BCUT2D eigenvalue weighted by Crippen LogP contribution is -2.51. The normalized spacial score (nSPS) is 23.4. The first-order valence-electron chi connectivity index (χ1n) is 9.87. The number of imidazole rings is 1. The van der Waals surface area contributed by atoms with Crippen molar-refractivity contribution < 1.29 is 4.79 Å². The maximum absolute atomic E-state index is 12.4. The topological polar surface area (TPSA) is 50.2 Å². The van der Waals surface area contributed by atoms with Crippen LogP contribution in [0.25, 0.3) is 11.3 Å². The van der Waals surface area contributed by atoms with E-state index in [0.29, 0.717) is 18.5 Å². The molecule has 1 amide bonds. The average Bonchev–Trinajstić information content (AvgIpc) is 3.15. The summed E-state index contributed by atoms with van der Waals surface area (Å²) in [6.45, 7) is 3.62. The van der Waals surface area contributed by atoms with Crippen LogP contribution in [0.4, 0.5) is 0 Å². The molecule has 2 atom stereocenters. The van der Waals surface area contributed by atoms with Gasteiger partial charge in [-0.1, -0.05) is 36.8 Å². The van der Waals surface area contributed by atoms with Gasteiger partial charge in [-0.15, -0.1) is 0 Å². The molecule has 2 saturated heterocycles. The molecule has 0 radical (unpaired) electrons. The van der Waals surface area contributed by atoms with Crippen LogP contribution in [0.15, 0.2) is 42.9 Å². The maximum atomic E-state index is 12.4. The van der Waals surface area contributed by atoms with Crippen molar-refractivity contribution >= 4 is 5.91 Å². The number of carbonyl (C=O) groups is 1.